The average Bonchev–Trinajstić information content (AvgIpc) is 2.85. The summed E-state index contributed by atoms with van der Waals surface area (Å²) in [6.07, 6.45) is 2.89. The van der Waals surface area contributed by atoms with E-state index in [1.54, 1.807) is 6.21 Å². The Balaban J connectivity index is 1.99. The number of nitro groups is 1. The molecule has 0 fully saturated rings. The van der Waals surface area contributed by atoms with E-state index in [0.29, 0.717) is 0 Å². The van der Waals surface area contributed by atoms with Gasteiger partial charge in [-0.25, -0.2) is 0 Å². The first-order chi connectivity index (χ1) is 8.75. The molecule has 1 heterocycles. The van der Waals surface area contributed by atoms with E-state index < -0.39 is 4.92 Å². The lowest BCUT2D eigenvalue weighted by atomic mass is 10.2. The molecule has 0 saturated carbocycles. The van der Waals surface area contributed by atoms with Crippen LogP contribution in [-0.2, 0) is 0 Å². The molecule has 6 nitrogen and oxygen atoms in total. The standard InChI is InChI=1S/C12H9N3O3/c16-15(17)12-7-6-11(18-12)9-14-13-8-10-4-2-1-3-5-10/h1-9H/b13-8-,14-9-. The first-order valence-corrected chi connectivity index (χ1v) is 5.11. The molecule has 6 heteroatoms. The van der Waals surface area contributed by atoms with Crippen molar-refractivity contribution in [2.24, 2.45) is 10.2 Å². The van der Waals surface area contributed by atoms with E-state index in [2.05, 4.69) is 10.2 Å². The van der Waals surface area contributed by atoms with Gasteiger partial charge in [0, 0.05) is 0 Å². The molecule has 0 spiro atoms. The lowest BCUT2D eigenvalue weighted by Crippen LogP contribution is -1.83. The van der Waals surface area contributed by atoms with Crippen molar-refractivity contribution in [2.45, 2.75) is 0 Å². The van der Waals surface area contributed by atoms with Crippen molar-refractivity contribution in [3.8, 4) is 0 Å². The van der Waals surface area contributed by atoms with Crippen LogP contribution in [0.15, 0.2) is 57.1 Å². The fraction of sp³-hybridized carbons (Fsp3) is 0. The zero-order chi connectivity index (χ0) is 12.8. The minimum Gasteiger partial charge on any atom is -0.400 e. The maximum atomic E-state index is 10.4. The average molecular weight is 243 g/mol. The molecule has 0 saturated heterocycles. The summed E-state index contributed by atoms with van der Waals surface area (Å²) in [4.78, 5) is 9.76. The van der Waals surface area contributed by atoms with E-state index in [-0.39, 0.29) is 11.6 Å². The summed E-state index contributed by atoms with van der Waals surface area (Å²) < 4.78 is 4.88. The van der Waals surface area contributed by atoms with Gasteiger partial charge < -0.3 is 4.42 Å². The molecule has 2 aromatic rings. The molecular weight excluding hydrogens is 234 g/mol. The molecule has 90 valence electrons. The Morgan fingerprint density at radius 2 is 1.78 bits per heavy atom. The van der Waals surface area contributed by atoms with Crippen LogP contribution in [0.2, 0.25) is 0 Å². The summed E-state index contributed by atoms with van der Waals surface area (Å²) >= 11 is 0. The highest BCUT2D eigenvalue weighted by molar-refractivity contribution is 5.81. The topological polar surface area (TPSA) is 81.0 Å². The third kappa shape index (κ3) is 3.11. The van der Waals surface area contributed by atoms with Crippen molar-refractivity contribution in [2.75, 3.05) is 0 Å². The molecule has 0 atom stereocenters. The molecule has 0 aliphatic rings. The van der Waals surface area contributed by atoms with Crippen LogP contribution in [0.3, 0.4) is 0 Å². The molecule has 0 radical (unpaired) electrons. The Kier molecular flexibility index (Phi) is 3.60. The maximum Gasteiger partial charge on any atom is 0.433 e. The fourth-order valence-electron chi connectivity index (χ4n) is 1.24. The van der Waals surface area contributed by atoms with Crippen LogP contribution in [0, 0.1) is 10.1 Å². The first kappa shape index (κ1) is 11.7. The largest absolute Gasteiger partial charge is 0.433 e. The molecular formula is C12H9N3O3. The minimum absolute atomic E-state index is 0.284. The lowest BCUT2D eigenvalue weighted by molar-refractivity contribution is -0.402. The summed E-state index contributed by atoms with van der Waals surface area (Å²) in [5.74, 6) is -0.0320. The van der Waals surface area contributed by atoms with Gasteiger partial charge in [-0.05, 0) is 11.6 Å². The van der Waals surface area contributed by atoms with Crippen LogP contribution in [0.1, 0.15) is 11.3 Å². The van der Waals surface area contributed by atoms with Crippen molar-refractivity contribution < 1.29 is 9.34 Å². The maximum absolute atomic E-state index is 10.4. The molecule has 0 aliphatic heterocycles. The minimum atomic E-state index is -0.607. The quantitative estimate of drug-likeness (QED) is 0.470. The van der Waals surface area contributed by atoms with Crippen molar-refractivity contribution in [3.63, 3.8) is 0 Å². The molecule has 0 aliphatic carbocycles. The number of hydrogen-bond acceptors (Lipinski definition) is 5. The number of furan rings is 1. The van der Waals surface area contributed by atoms with Gasteiger partial charge in [0.05, 0.1) is 18.5 Å². The normalized spacial score (nSPS) is 11.3. The second-order valence-corrected chi connectivity index (χ2v) is 3.33. The van der Waals surface area contributed by atoms with Crippen LogP contribution in [0.25, 0.3) is 0 Å². The first-order valence-electron chi connectivity index (χ1n) is 5.11. The molecule has 18 heavy (non-hydrogen) atoms. The van der Waals surface area contributed by atoms with Crippen molar-refractivity contribution in [3.05, 3.63) is 63.9 Å². The number of nitrogens with zero attached hydrogens (tertiary/aromatic N) is 3. The Morgan fingerprint density at radius 3 is 2.44 bits per heavy atom. The van der Waals surface area contributed by atoms with E-state index in [4.69, 9.17) is 4.42 Å². The predicted octanol–water partition coefficient (Wildman–Crippen LogP) is 2.64. The lowest BCUT2D eigenvalue weighted by Gasteiger charge is -1.87. The van der Waals surface area contributed by atoms with Gasteiger partial charge in [-0.3, -0.25) is 10.1 Å². The van der Waals surface area contributed by atoms with Crippen molar-refractivity contribution >= 4 is 18.3 Å². The SMILES string of the molecule is O=[N+]([O-])c1ccc(/C=N\N=C/c2ccccc2)o1. The summed E-state index contributed by atoms with van der Waals surface area (Å²) in [5.41, 5.74) is 0.917. The number of rotatable bonds is 4. The second-order valence-electron chi connectivity index (χ2n) is 3.33. The zero-order valence-electron chi connectivity index (χ0n) is 9.26. The van der Waals surface area contributed by atoms with Gasteiger partial charge in [0.15, 0.2) is 5.76 Å². The van der Waals surface area contributed by atoms with Gasteiger partial charge in [-0.15, -0.1) is 0 Å². The van der Waals surface area contributed by atoms with E-state index in [1.165, 1.54) is 18.3 Å². The molecule has 0 unspecified atom stereocenters. The van der Waals surface area contributed by atoms with Crippen LogP contribution in [0.5, 0.6) is 0 Å². The molecule has 2 rings (SSSR count). The molecule has 0 bridgehead atoms. The summed E-state index contributed by atoms with van der Waals surface area (Å²) in [7, 11) is 0. The van der Waals surface area contributed by atoms with Gasteiger partial charge in [-0.2, -0.15) is 10.2 Å². The Hall–Kier alpha value is -2.76. The molecule has 0 amide bonds. The van der Waals surface area contributed by atoms with Gasteiger partial charge in [-0.1, -0.05) is 30.3 Å². The highest BCUT2D eigenvalue weighted by Crippen LogP contribution is 2.13. The Morgan fingerprint density at radius 1 is 1.06 bits per heavy atom. The highest BCUT2D eigenvalue weighted by Gasteiger charge is 2.09. The monoisotopic (exact) mass is 243 g/mol. The predicted molar refractivity (Wildman–Crippen MR) is 67.0 cm³/mol. The Bertz CT molecular complexity index is 588. The smallest absolute Gasteiger partial charge is 0.400 e. The summed E-state index contributed by atoms with van der Waals surface area (Å²) in [6.45, 7) is 0. The van der Waals surface area contributed by atoms with E-state index >= 15 is 0 Å². The third-order valence-corrected chi connectivity index (χ3v) is 2.05. The molecule has 0 N–H and O–H groups in total. The van der Waals surface area contributed by atoms with Crippen molar-refractivity contribution in [1.29, 1.82) is 0 Å². The van der Waals surface area contributed by atoms with Gasteiger partial charge in [0.2, 0.25) is 0 Å². The van der Waals surface area contributed by atoms with Crippen molar-refractivity contribution in [1.82, 2.24) is 0 Å². The van der Waals surface area contributed by atoms with E-state index in [0.717, 1.165) is 5.56 Å². The number of benzene rings is 1. The summed E-state index contributed by atoms with van der Waals surface area (Å²) in [5, 5.41) is 17.9. The van der Waals surface area contributed by atoms with Crippen LogP contribution in [0.4, 0.5) is 5.88 Å². The third-order valence-electron chi connectivity index (χ3n) is 2.05. The Labute approximate surface area is 102 Å². The highest BCUT2D eigenvalue weighted by atomic mass is 16.6. The summed E-state index contributed by atoms with van der Waals surface area (Å²) in [6, 6.07) is 12.2. The van der Waals surface area contributed by atoms with E-state index in [9.17, 15) is 10.1 Å². The fourth-order valence-corrected chi connectivity index (χ4v) is 1.24. The molecule has 1 aromatic carbocycles. The number of hydrogen-bond donors (Lipinski definition) is 0. The van der Waals surface area contributed by atoms with Crippen LogP contribution < -0.4 is 0 Å². The van der Waals surface area contributed by atoms with Gasteiger partial charge >= 0.3 is 5.88 Å². The van der Waals surface area contributed by atoms with Gasteiger partial charge in [0.1, 0.15) is 4.92 Å². The second kappa shape index (κ2) is 5.53. The van der Waals surface area contributed by atoms with E-state index in [1.807, 2.05) is 30.3 Å². The van der Waals surface area contributed by atoms with Crippen LogP contribution in [-0.4, -0.2) is 17.4 Å². The molecule has 1 aromatic heterocycles. The van der Waals surface area contributed by atoms with Gasteiger partial charge in [0.25, 0.3) is 0 Å². The van der Waals surface area contributed by atoms with Crippen LogP contribution >= 0.6 is 0 Å². The zero-order valence-corrected chi connectivity index (χ0v) is 9.26.